The standard InChI is InChI=1S/C17H19N3O4/c1-20(9-11-5-4-6-24-11)10-16-18-13-8-15(23-3)14(22-2)7-12(13)17(21)19-16/h4-8H,9-10H2,1-3H3,(H,18,19,21). The Morgan fingerprint density at radius 3 is 2.62 bits per heavy atom. The number of nitrogens with zero attached hydrogens (tertiary/aromatic N) is 2. The van der Waals surface area contributed by atoms with Crippen molar-refractivity contribution in [1.29, 1.82) is 0 Å². The number of furan rings is 1. The van der Waals surface area contributed by atoms with Gasteiger partial charge in [-0.3, -0.25) is 9.69 Å². The number of aromatic nitrogens is 2. The SMILES string of the molecule is COc1cc2nc(CN(C)Cc3ccco3)[nH]c(=O)c2cc1OC. The zero-order valence-corrected chi connectivity index (χ0v) is 13.8. The highest BCUT2D eigenvalue weighted by molar-refractivity contribution is 5.81. The highest BCUT2D eigenvalue weighted by atomic mass is 16.5. The molecule has 0 unspecified atom stereocenters. The van der Waals surface area contributed by atoms with Gasteiger partial charge in [-0.25, -0.2) is 4.98 Å². The van der Waals surface area contributed by atoms with E-state index >= 15 is 0 Å². The molecule has 0 amide bonds. The summed E-state index contributed by atoms with van der Waals surface area (Å²) in [7, 11) is 5.01. The third-order valence-corrected chi connectivity index (χ3v) is 3.69. The van der Waals surface area contributed by atoms with E-state index in [0.717, 1.165) is 5.76 Å². The van der Waals surface area contributed by atoms with E-state index in [2.05, 4.69) is 9.97 Å². The molecule has 0 fully saturated rings. The van der Waals surface area contributed by atoms with Crippen LogP contribution >= 0.6 is 0 Å². The van der Waals surface area contributed by atoms with Crippen molar-refractivity contribution in [2.45, 2.75) is 13.1 Å². The molecule has 0 spiro atoms. The molecule has 0 radical (unpaired) electrons. The first-order valence-electron chi connectivity index (χ1n) is 7.46. The lowest BCUT2D eigenvalue weighted by molar-refractivity contribution is 0.281. The van der Waals surface area contributed by atoms with Gasteiger partial charge in [-0.1, -0.05) is 0 Å². The number of hydrogen-bond donors (Lipinski definition) is 1. The number of benzene rings is 1. The number of methoxy groups -OCH3 is 2. The van der Waals surface area contributed by atoms with Crippen LogP contribution in [0.25, 0.3) is 10.9 Å². The summed E-state index contributed by atoms with van der Waals surface area (Å²) in [5, 5.41) is 0.463. The lowest BCUT2D eigenvalue weighted by atomic mass is 10.2. The molecule has 0 aliphatic heterocycles. The van der Waals surface area contributed by atoms with E-state index in [-0.39, 0.29) is 5.56 Å². The molecule has 7 heteroatoms. The number of ether oxygens (including phenoxy) is 2. The Morgan fingerprint density at radius 1 is 1.21 bits per heavy atom. The maximum absolute atomic E-state index is 12.3. The van der Waals surface area contributed by atoms with Gasteiger partial charge in [0.05, 0.1) is 44.5 Å². The smallest absolute Gasteiger partial charge is 0.258 e. The van der Waals surface area contributed by atoms with Crippen LogP contribution in [0.4, 0.5) is 0 Å². The fourth-order valence-electron chi connectivity index (χ4n) is 2.57. The summed E-state index contributed by atoms with van der Waals surface area (Å²) >= 11 is 0. The van der Waals surface area contributed by atoms with Crippen LogP contribution in [0.5, 0.6) is 11.5 Å². The molecule has 0 saturated heterocycles. The third kappa shape index (κ3) is 3.26. The summed E-state index contributed by atoms with van der Waals surface area (Å²) in [6.45, 7) is 1.11. The number of hydrogen-bond acceptors (Lipinski definition) is 6. The normalized spacial score (nSPS) is 11.2. The van der Waals surface area contributed by atoms with Crippen molar-refractivity contribution < 1.29 is 13.9 Å². The van der Waals surface area contributed by atoms with E-state index in [0.29, 0.717) is 41.3 Å². The van der Waals surface area contributed by atoms with Crippen molar-refractivity contribution in [3.05, 3.63) is 52.5 Å². The fourth-order valence-corrected chi connectivity index (χ4v) is 2.57. The van der Waals surface area contributed by atoms with E-state index in [1.807, 2.05) is 24.1 Å². The minimum Gasteiger partial charge on any atom is -0.493 e. The maximum Gasteiger partial charge on any atom is 0.258 e. The second-order valence-corrected chi connectivity index (χ2v) is 5.49. The lowest BCUT2D eigenvalue weighted by Crippen LogP contribution is -2.21. The summed E-state index contributed by atoms with van der Waals surface area (Å²) in [6.07, 6.45) is 1.64. The molecule has 3 rings (SSSR count). The molecule has 2 aromatic heterocycles. The molecule has 1 aromatic carbocycles. The van der Waals surface area contributed by atoms with Gasteiger partial charge < -0.3 is 18.9 Å². The monoisotopic (exact) mass is 329 g/mol. The van der Waals surface area contributed by atoms with Crippen LogP contribution in [-0.2, 0) is 13.1 Å². The molecule has 1 N–H and O–H groups in total. The van der Waals surface area contributed by atoms with Crippen molar-refractivity contribution in [2.75, 3.05) is 21.3 Å². The minimum absolute atomic E-state index is 0.206. The van der Waals surface area contributed by atoms with E-state index in [9.17, 15) is 4.79 Å². The molecule has 0 atom stereocenters. The van der Waals surface area contributed by atoms with Crippen LogP contribution in [0.15, 0.2) is 39.7 Å². The summed E-state index contributed by atoms with van der Waals surface area (Å²) in [4.78, 5) is 21.7. The number of rotatable bonds is 6. The Morgan fingerprint density at radius 2 is 1.96 bits per heavy atom. The second kappa shape index (κ2) is 6.76. The lowest BCUT2D eigenvalue weighted by Gasteiger charge is -2.15. The molecule has 126 valence electrons. The molecular formula is C17H19N3O4. The van der Waals surface area contributed by atoms with Crippen molar-refractivity contribution in [1.82, 2.24) is 14.9 Å². The Kier molecular flexibility index (Phi) is 4.52. The van der Waals surface area contributed by atoms with Gasteiger partial charge >= 0.3 is 0 Å². The molecule has 0 aliphatic carbocycles. The van der Waals surface area contributed by atoms with E-state index in [4.69, 9.17) is 13.9 Å². The van der Waals surface area contributed by atoms with Gasteiger partial charge in [0.15, 0.2) is 11.5 Å². The van der Waals surface area contributed by atoms with Gasteiger partial charge in [-0.05, 0) is 25.2 Å². The topological polar surface area (TPSA) is 80.6 Å². The van der Waals surface area contributed by atoms with Gasteiger partial charge in [0, 0.05) is 6.07 Å². The Labute approximate surface area is 138 Å². The third-order valence-electron chi connectivity index (χ3n) is 3.69. The first-order valence-corrected chi connectivity index (χ1v) is 7.46. The van der Waals surface area contributed by atoms with Gasteiger partial charge in [-0.2, -0.15) is 0 Å². The van der Waals surface area contributed by atoms with Crippen LogP contribution in [0.3, 0.4) is 0 Å². The summed E-state index contributed by atoms with van der Waals surface area (Å²) in [6, 6.07) is 7.10. The quantitative estimate of drug-likeness (QED) is 0.746. The summed E-state index contributed by atoms with van der Waals surface area (Å²) in [5.41, 5.74) is 0.361. The van der Waals surface area contributed by atoms with Crippen molar-refractivity contribution in [3.8, 4) is 11.5 Å². The number of fused-ring (bicyclic) bond motifs is 1. The predicted molar refractivity (Wildman–Crippen MR) is 89.3 cm³/mol. The summed E-state index contributed by atoms with van der Waals surface area (Å²) in [5.74, 6) is 2.47. The first-order chi connectivity index (χ1) is 11.6. The van der Waals surface area contributed by atoms with Crippen LogP contribution in [0, 0.1) is 0 Å². The molecule has 0 bridgehead atoms. The zero-order valence-electron chi connectivity index (χ0n) is 13.8. The molecule has 3 aromatic rings. The molecule has 0 saturated carbocycles. The maximum atomic E-state index is 12.3. The Balaban J connectivity index is 1.90. The second-order valence-electron chi connectivity index (χ2n) is 5.49. The highest BCUT2D eigenvalue weighted by Crippen LogP contribution is 2.29. The Hall–Kier alpha value is -2.80. The molecule has 0 aliphatic rings. The van der Waals surface area contributed by atoms with Crippen molar-refractivity contribution in [2.24, 2.45) is 0 Å². The van der Waals surface area contributed by atoms with Crippen molar-refractivity contribution >= 4 is 10.9 Å². The van der Waals surface area contributed by atoms with Gasteiger partial charge in [-0.15, -0.1) is 0 Å². The van der Waals surface area contributed by atoms with E-state index < -0.39 is 0 Å². The van der Waals surface area contributed by atoms with Crippen LogP contribution in [0.1, 0.15) is 11.6 Å². The average Bonchev–Trinajstić information content (AvgIpc) is 3.06. The first kappa shape index (κ1) is 16.1. The predicted octanol–water partition coefficient (Wildman–Crippen LogP) is 2.17. The van der Waals surface area contributed by atoms with E-state index in [1.165, 1.54) is 7.11 Å². The summed E-state index contributed by atoms with van der Waals surface area (Å²) < 4.78 is 15.8. The highest BCUT2D eigenvalue weighted by Gasteiger charge is 2.12. The zero-order chi connectivity index (χ0) is 17.1. The average molecular weight is 329 g/mol. The molecular weight excluding hydrogens is 310 g/mol. The number of H-pyrrole nitrogens is 1. The fraction of sp³-hybridized carbons (Fsp3) is 0.294. The molecule has 24 heavy (non-hydrogen) atoms. The van der Waals surface area contributed by atoms with Gasteiger partial charge in [0.1, 0.15) is 11.6 Å². The van der Waals surface area contributed by atoms with Crippen molar-refractivity contribution in [3.63, 3.8) is 0 Å². The molecule has 2 heterocycles. The van der Waals surface area contributed by atoms with Crippen LogP contribution in [-0.4, -0.2) is 36.1 Å². The largest absolute Gasteiger partial charge is 0.493 e. The number of aromatic amines is 1. The minimum atomic E-state index is -0.206. The van der Waals surface area contributed by atoms with Crippen LogP contribution in [0.2, 0.25) is 0 Å². The van der Waals surface area contributed by atoms with Gasteiger partial charge in [0.2, 0.25) is 0 Å². The molecule has 7 nitrogen and oxygen atoms in total. The number of nitrogens with one attached hydrogen (secondary N) is 1. The van der Waals surface area contributed by atoms with Crippen LogP contribution < -0.4 is 15.0 Å². The van der Waals surface area contributed by atoms with E-state index in [1.54, 1.807) is 25.5 Å². The Bertz CT molecular complexity index is 887. The van der Waals surface area contributed by atoms with Gasteiger partial charge in [0.25, 0.3) is 5.56 Å².